The predicted octanol–water partition coefficient (Wildman–Crippen LogP) is 4.07. The van der Waals surface area contributed by atoms with Gasteiger partial charge in [-0.15, -0.1) is 0 Å². The molecule has 1 rings (SSSR count). The molecule has 0 fully saturated rings. The normalized spacial score (nSPS) is 14.0. The van der Waals surface area contributed by atoms with E-state index in [-0.39, 0.29) is 12.1 Å². The molecule has 0 saturated carbocycles. The van der Waals surface area contributed by atoms with Gasteiger partial charge in [0.05, 0.1) is 25.9 Å². The second-order valence-electron chi connectivity index (χ2n) is 5.37. The molecule has 0 aliphatic carbocycles. The summed E-state index contributed by atoms with van der Waals surface area (Å²) in [5, 5.41) is 0. The maximum atomic E-state index is 6.15. The number of methoxy groups -OCH3 is 1. The molecule has 0 saturated heterocycles. The highest BCUT2D eigenvalue weighted by Crippen LogP contribution is 2.17. The van der Waals surface area contributed by atoms with Gasteiger partial charge in [0.1, 0.15) is 5.75 Å². The van der Waals surface area contributed by atoms with Crippen LogP contribution in [0.3, 0.4) is 0 Å². The van der Waals surface area contributed by atoms with Crippen LogP contribution in [-0.4, -0.2) is 19.8 Å². The summed E-state index contributed by atoms with van der Waals surface area (Å²) >= 11 is 0. The molecular formula is C17H29NO2. The van der Waals surface area contributed by atoms with Gasteiger partial charge >= 0.3 is 0 Å². The fraction of sp³-hybridized carbons (Fsp3) is 0.647. The minimum absolute atomic E-state index is 0.0704. The zero-order valence-corrected chi connectivity index (χ0v) is 13.1. The lowest BCUT2D eigenvalue weighted by Gasteiger charge is -2.17. The number of nitrogens with two attached hydrogens (primary N) is 1. The van der Waals surface area contributed by atoms with Crippen LogP contribution in [0.25, 0.3) is 0 Å². The third kappa shape index (κ3) is 6.40. The van der Waals surface area contributed by atoms with Crippen LogP contribution in [0.5, 0.6) is 5.75 Å². The van der Waals surface area contributed by atoms with Crippen LogP contribution in [-0.2, 0) is 4.74 Å². The van der Waals surface area contributed by atoms with E-state index in [2.05, 4.69) is 13.8 Å². The van der Waals surface area contributed by atoms with Crippen molar-refractivity contribution in [3.63, 3.8) is 0 Å². The summed E-state index contributed by atoms with van der Waals surface area (Å²) in [5.74, 6) is 0.853. The lowest BCUT2D eigenvalue weighted by Crippen LogP contribution is -2.20. The van der Waals surface area contributed by atoms with Crippen LogP contribution < -0.4 is 10.5 Å². The van der Waals surface area contributed by atoms with Crippen molar-refractivity contribution in [3.8, 4) is 5.75 Å². The molecule has 2 unspecified atom stereocenters. The van der Waals surface area contributed by atoms with Crippen molar-refractivity contribution < 1.29 is 9.47 Å². The molecule has 0 aliphatic rings. The molecule has 2 N–H and O–H groups in total. The van der Waals surface area contributed by atoms with Gasteiger partial charge in [-0.25, -0.2) is 0 Å². The van der Waals surface area contributed by atoms with Crippen molar-refractivity contribution in [1.82, 2.24) is 0 Å². The average Bonchev–Trinajstić information content (AvgIpc) is 2.49. The fourth-order valence-electron chi connectivity index (χ4n) is 2.16. The van der Waals surface area contributed by atoms with Crippen molar-refractivity contribution in [2.24, 2.45) is 5.73 Å². The van der Waals surface area contributed by atoms with Crippen molar-refractivity contribution in [1.29, 1.82) is 0 Å². The summed E-state index contributed by atoms with van der Waals surface area (Å²) < 4.78 is 11.0. The summed E-state index contributed by atoms with van der Waals surface area (Å²) in [4.78, 5) is 0. The van der Waals surface area contributed by atoms with Crippen LogP contribution in [0.1, 0.15) is 57.6 Å². The van der Waals surface area contributed by atoms with E-state index >= 15 is 0 Å². The first-order chi connectivity index (χ1) is 9.67. The molecule has 1 aromatic rings. The van der Waals surface area contributed by atoms with E-state index in [0.717, 1.165) is 17.7 Å². The summed E-state index contributed by atoms with van der Waals surface area (Å²) in [6.07, 6.45) is 6.54. The highest BCUT2D eigenvalue weighted by Gasteiger charge is 2.09. The maximum Gasteiger partial charge on any atom is 0.118 e. The van der Waals surface area contributed by atoms with Gasteiger partial charge in [0, 0.05) is 0 Å². The molecule has 2 atom stereocenters. The Morgan fingerprint density at radius 3 is 2.40 bits per heavy atom. The predicted molar refractivity (Wildman–Crippen MR) is 84.1 cm³/mol. The third-order valence-corrected chi connectivity index (χ3v) is 3.57. The SMILES string of the molecule is CCCCCCC(C)OCC(N)c1ccc(OC)cc1. The van der Waals surface area contributed by atoms with Crippen LogP contribution in [0.15, 0.2) is 24.3 Å². The summed E-state index contributed by atoms with van der Waals surface area (Å²) in [6, 6.07) is 7.79. The lowest BCUT2D eigenvalue weighted by atomic mass is 10.1. The molecule has 0 aromatic heterocycles. The molecule has 0 bridgehead atoms. The van der Waals surface area contributed by atoms with Gasteiger partial charge in [-0.3, -0.25) is 0 Å². The number of benzene rings is 1. The van der Waals surface area contributed by atoms with Gasteiger partial charge < -0.3 is 15.2 Å². The molecule has 0 spiro atoms. The molecular weight excluding hydrogens is 250 g/mol. The Bertz CT molecular complexity index is 351. The summed E-state index contributed by atoms with van der Waals surface area (Å²) in [6.45, 7) is 4.93. The topological polar surface area (TPSA) is 44.5 Å². The van der Waals surface area contributed by atoms with E-state index in [1.54, 1.807) is 7.11 Å². The van der Waals surface area contributed by atoms with Crippen LogP contribution in [0, 0.1) is 0 Å². The van der Waals surface area contributed by atoms with Crippen LogP contribution >= 0.6 is 0 Å². The van der Waals surface area contributed by atoms with E-state index in [1.165, 1.54) is 25.7 Å². The zero-order chi connectivity index (χ0) is 14.8. The quantitative estimate of drug-likeness (QED) is 0.657. The third-order valence-electron chi connectivity index (χ3n) is 3.57. The van der Waals surface area contributed by atoms with E-state index in [4.69, 9.17) is 15.2 Å². The first-order valence-electron chi connectivity index (χ1n) is 7.68. The Labute approximate surface area is 123 Å². The van der Waals surface area contributed by atoms with Crippen molar-refractivity contribution >= 4 is 0 Å². The Hall–Kier alpha value is -1.06. The van der Waals surface area contributed by atoms with E-state index in [1.807, 2.05) is 24.3 Å². The van der Waals surface area contributed by atoms with Crippen molar-refractivity contribution in [2.45, 2.75) is 58.1 Å². The standard InChI is InChI=1S/C17H29NO2/c1-4-5-6-7-8-14(2)20-13-17(18)15-9-11-16(19-3)12-10-15/h9-12,14,17H,4-8,13,18H2,1-3H3. The van der Waals surface area contributed by atoms with Crippen molar-refractivity contribution in [2.75, 3.05) is 13.7 Å². The van der Waals surface area contributed by atoms with E-state index in [0.29, 0.717) is 6.61 Å². The number of ether oxygens (including phenoxy) is 2. The van der Waals surface area contributed by atoms with Gasteiger partial charge in [-0.05, 0) is 31.0 Å². The monoisotopic (exact) mass is 279 g/mol. The molecule has 0 amide bonds. The molecule has 0 heterocycles. The number of unbranched alkanes of at least 4 members (excludes halogenated alkanes) is 3. The van der Waals surface area contributed by atoms with E-state index in [9.17, 15) is 0 Å². The molecule has 1 aromatic carbocycles. The minimum atomic E-state index is -0.0704. The van der Waals surface area contributed by atoms with Gasteiger partial charge in [0.15, 0.2) is 0 Å². The highest BCUT2D eigenvalue weighted by atomic mass is 16.5. The molecule has 0 aliphatic heterocycles. The van der Waals surface area contributed by atoms with Gasteiger partial charge in [0.25, 0.3) is 0 Å². The largest absolute Gasteiger partial charge is 0.497 e. The second kappa shape index (κ2) is 9.78. The molecule has 20 heavy (non-hydrogen) atoms. The van der Waals surface area contributed by atoms with Gasteiger partial charge in [0.2, 0.25) is 0 Å². The second-order valence-corrected chi connectivity index (χ2v) is 5.37. The number of hydrogen-bond acceptors (Lipinski definition) is 3. The minimum Gasteiger partial charge on any atom is -0.497 e. The van der Waals surface area contributed by atoms with Crippen LogP contribution in [0.4, 0.5) is 0 Å². The number of rotatable bonds is 10. The maximum absolute atomic E-state index is 6.15. The smallest absolute Gasteiger partial charge is 0.118 e. The first-order valence-corrected chi connectivity index (χ1v) is 7.68. The zero-order valence-electron chi connectivity index (χ0n) is 13.1. The Balaban J connectivity index is 2.25. The Kier molecular flexibility index (Phi) is 8.31. The lowest BCUT2D eigenvalue weighted by molar-refractivity contribution is 0.0490. The van der Waals surface area contributed by atoms with Gasteiger partial charge in [-0.2, -0.15) is 0 Å². The molecule has 3 heteroatoms. The summed E-state index contributed by atoms with van der Waals surface area (Å²) in [7, 11) is 1.66. The van der Waals surface area contributed by atoms with E-state index < -0.39 is 0 Å². The Morgan fingerprint density at radius 1 is 1.10 bits per heavy atom. The summed E-state index contributed by atoms with van der Waals surface area (Å²) in [5.41, 5.74) is 7.23. The Morgan fingerprint density at radius 2 is 1.80 bits per heavy atom. The average molecular weight is 279 g/mol. The molecule has 3 nitrogen and oxygen atoms in total. The first kappa shape index (κ1) is 17.0. The fourth-order valence-corrected chi connectivity index (χ4v) is 2.16. The van der Waals surface area contributed by atoms with Gasteiger partial charge in [-0.1, -0.05) is 44.7 Å². The number of hydrogen-bond donors (Lipinski definition) is 1. The molecule has 0 radical (unpaired) electrons. The van der Waals surface area contributed by atoms with Crippen molar-refractivity contribution in [3.05, 3.63) is 29.8 Å². The van der Waals surface area contributed by atoms with Crippen LogP contribution in [0.2, 0.25) is 0 Å². The highest BCUT2D eigenvalue weighted by molar-refractivity contribution is 5.28. The molecule has 114 valence electrons.